The van der Waals surface area contributed by atoms with Gasteiger partial charge in [0.2, 0.25) is 5.91 Å². The number of carboxylic acid groups (broad SMARTS) is 2. The fraction of sp³-hybridized carbons (Fsp3) is 0.0833. The van der Waals surface area contributed by atoms with Crippen LogP contribution in [-0.2, 0) is 4.79 Å². The number of aromatic carboxylic acids is 2. The maximum Gasteiger partial charge on any atom is 0.336 e. The highest BCUT2D eigenvalue weighted by Crippen LogP contribution is 2.27. The van der Waals surface area contributed by atoms with Crippen molar-refractivity contribution in [2.75, 3.05) is 10.6 Å². The van der Waals surface area contributed by atoms with Crippen molar-refractivity contribution >= 4 is 69.5 Å². The Labute approximate surface area is 212 Å². The number of carbonyl (C=O) groups excluding carboxylic acids is 2. The van der Waals surface area contributed by atoms with Crippen LogP contribution < -0.4 is 10.6 Å². The van der Waals surface area contributed by atoms with E-state index in [1.54, 1.807) is 31.2 Å². The second-order valence-electron chi connectivity index (χ2n) is 7.11. The van der Waals surface area contributed by atoms with Gasteiger partial charge in [-0.1, -0.05) is 6.07 Å². The predicted molar refractivity (Wildman–Crippen MR) is 138 cm³/mol. The molecule has 3 aromatic rings. The Hall–Kier alpha value is -3.38. The van der Waals surface area contributed by atoms with Crippen LogP contribution >= 0.6 is 34.4 Å². The van der Waals surface area contributed by atoms with E-state index < -0.39 is 28.7 Å². The molecule has 10 heteroatoms. The largest absolute Gasteiger partial charge is 0.478 e. The van der Waals surface area contributed by atoms with Gasteiger partial charge in [-0.15, -0.1) is 11.8 Å². The number of carboxylic acids is 2. The Morgan fingerprint density at radius 1 is 0.824 bits per heavy atom. The first-order valence-corrected chi connectivity index (χ1v) is 11.8. The van der Waals surface area contributed by atoms with Gasteiger partial charge in [-0.25, -0.2) is 9.59 Å². The molecule has 0 aromatic heterocycles. The Bertz CT molecular complexity index is 1260. The zero-order valence-electron chi connectivity index (χ0n) is 17.7. The minimum absolute atomic E-state index is 0.166. The van der Waals surface area contributed by atoms with Crippen LogP contribution in [0.25, 0.3) is 0 Å². The summed E-state index contributed by atoms with van der Waals surface area (Å²) in [5.74, 6) is -3.57. The Morgan fingerprint density at radius 2 is 1.53 bits per heavy atom. The number of carbonyl (C=O) groups is 4. The summed E-state index contributed by atoms with van der Waals surface area (Å²) in [7, 11) is 0. The molecule has 8 nitrogen and oxygen atoms in total. The number of halogens is 1. The number of nitrogens with one attached hydrogen (secondary N) is 2. The second-order valence-corrected chi connectivity index (χ2v) is 9.77. The molecule has 0 saturated carbocycles. The van der Waals surface area contributed by atoms with Crippen molar-refractivity contribution in [3.63, 3.8) is 0 Å². The number of rotatable bonds is 8. The number of anilines is 2. The summed E-state index contributed by atoms with van der Waals surface area (Å²) in [6, 6.07) is 17.5. The molecule has 3 rings (SSSR count). The lowest BCUT2D eigenvalue weighted by Crippen LogP contribution is -2.22. The van der Waals surface area contributed by atoms with Gasteiger partial charge < -0.3 is 20.8 Å². The first kappa shape index (κ1) is 25.2. The van der Waals surface area contributed by atoms with Crippen molar-refractivity contribution in [1.82, 2.24) is 0 Å². The summed E-state index contributed by atoms with van der Waals surface area (Å²) in [5.41, 5.74) is 0.287. The Morgan fingerprint density at radius 3 is 2.18 bits per heavy atom. The molecule has 0 aliphatic carbocycles. The molecule has 1 unspecified atom stereocenters. The van der Waals surface area contributed by atoms with Crippen LogP contribution in [0.4, 0.5) is 11.4 Å². The van der Waals surface area contributed by atoms with Gasteiger partial charge in [0.15, 0.2) is 0 Å². The Kier molecular flexibility index (Phi) is 8.29. The van der Waals surface area contributed by atoms with Gasteiger partial charge in [0.1, 0.15) is 0 Å². The molecule has 0 spiro atoms. The molecule has 0 bridgehead atoms. The molecule has 1 atom stereocenters. The van der Waals surface area contributed by atoms with E-state index in [1.165, 1.54) is 17.8 Å². The zero-order valence-corrected chi connectivity index (χ0v) is 20.7. The van der Waals surface area contributed by atoms with Gasteiger partial charge in [-0.05, 0) is 90.2 Å². The topological polar surface area (TPSA) is 133 Å². The number of benzene rings is 3. The van der Waals surface area contributed by atoms with Crippen LogP contribution in [0.2, 0.25) is 0 Å². The van der Waals surface area contributed by atoms with Crippen molar-refractivity contribution in [2.24, 2.45) is 0 Å². The average Bonchev–Trinajstić information content (AvgIpc) is 2.80. The number of amides is 2. The second kappa shape index (κ2) is 11.2. The summed E-state index contributed by atoms with van der Waals surface area (Å²) in [6.45, 7) is 1.76. The van der Waals surface area contributed by atoms with Crippen LogP contribution in [0.3, 0.4) is 0 Å². The molecule has 3 aromatic carbocycles. The fourth-order valence-corrected chi connectivity index (χ4v) is 4.22. The van der Waals surface area contributed by atoms with Crippen molar-refractivity contribution in [3.8, 4) is 0 Å². The molecule has 0 saturated heterocycles. The molecule has 0 fully saturated rings. The quantitative estimate of drug-likeness (QED) is 0.213. The van der Waals surface area contributed by atoms with Gasteiger partial charge in [-0.3, -0.25) is 9.59 Å². The predicted octanol–water partition coefficient (Wildman–Crippen LogP) is 5.06. The number of thioether (sulfide) groups is 1. The highest BCUT2D eigenvalue weighted by molar-refractivity contribution is 14.1. The monoisotopic (exact) mass is 590 g/mol. The lowest BCUT2D eigenvalue weighted by molar-refractivity contribution is -0.115. The zero-order chi connectivity index (χ0) is 24.8. The van der Waals surface area contributed by atoms with Gasteiger partial charge in [0.05, 0.1) is 21.9 Å². The van der Waals surface area contributed by atoms with E-state index in [4.69, 9.17) is 5.11 Å². The molecule has 0 radical (unpaired) electrons. The third kappa shape index (κ3) is 6.58. The summed E-state index contributed by atoms with van der Waals surface area (Å²) in [4.78, 5) is 48.6. The smallest absolute Gasteiger partial charge is 0.336 e. The highest BCUT2D eigenvalue weighted by atomic mass is 127. The van der Waals surface area contributed by atoms with E-state index in [-0.39, 0.29) is 17.0 Å². The molecule has 174 valence electrons. The molecule has 0 aliphatic rings. The van der Waals surface area contributed by atoms with E-state index in [0.29, 0.717) is 11.4 Å². The summed E-state index contributed by atoms with van der Waals surface area (Å²) in [6.07, 6.45) is 0. The SMILES string of the molecule is CC(Sc1cccc(NC(=O)c2ccc(C(=O)O)cc2C(=O)O)c1)C(=O)Nc1ccc(I)cc1. The molecule has 2 amide bonds. The van der Waals surface area contributed by atoms with E-state index in [0.717, 1.165) is 20.6 Å². The molecule has 4 N–H and O–H groups in total. The summed E-state index contributed by atoms with van der Waals surface area (Å²) in [5, 5.41) is 23.5. The van der Waals surface area contributed by atoms with Crippen LogP contribution in [0.1, 0.15) is 38.0 Å². The fourth-order valence-electron chi connectivity index (χ4n) is 2.93. The number of hydrogen-bond donors (Lipinski definition) is 4. The standard InChI is InChI=1S/C24H19IN2O6S/c1-13(21(28)26-16-8-6-15(25)7-9-16)34-18-4-2-3-17(12-18)27-22(29)19-10-5-14(23(30)31)11-20(19)24(32)33/h2-13H,1H3,(H,26,28)(H,27,29)(H,30,31)(H,32,33). The normalized spacial score (nSPS) is 11.4. The van der Waals surface area contributed by atoms with Crippen LogP contribution in [0.15, 0.2) is 71.6 Å². The van der Waals surface area contributed by atoms with E-state index >= 15 is 0 Å². The lowest BCUT2D eigenvalue weighted by atomic mass is 10.0. The molecule has 0 heterocycles. The maximum absolute atomic E-state index is 12.7. The van der Waals surface area contributed by atoms with Crippen LogP contribution in [0.5, 0.6) is 0 Å². The third-order valence-corrected chi connectivity index (χ3v) is 6.44. The van der Waals surface area contributed by atoms with Gasteiger partial charge >= 0.3 is 11.9 Å². The first-order chi connectivity index (χ1) is 16.1. The van der Waals surface area contributed by atoms with E-state index in [1.807, 2.05) is 24.3 Å². The minimum Gasteiger partial charge on any atom is -0.478 e. The van der Waals surface area contributed by atoms with Crippen LogP contribution in [0, 0.1) is 3.57 Å². The molecular weight excluding hydrogens is 571 g/mol. The lowest BCUT2D eigenvalue weighted by Gasteiger charge is -2.13. The molecule has 34 heavy (non-hydrogen) atoms. The van der Waals surface area contributed by atoms with Crippen LogP contribution in [-0.4, -0.2) is 39.2 Å². The maximum atomic E-state index is 12.7. The van der Waals surface area contributed by atoms with Crippen molar-refractivity contribution in [1.29, 1.82) is 0 Å². The molecule has 0 aliphatic heterocycles. The van der Waals surface area contributed by atoms with Crippen molar-refractivity contribution < 1.29 is 29.4 Å². The average molecular weight is 590 g/mol. The third-order valence-electron chi connectivity index (χ3n) is 4.63. The molecular formula is C24H19IN2O6S. The van der Waals surface area contributed by atoms with Gasteiger partial charge in [-0.2, -0.15) is 0 Å². The summed E-state index contributed by atoms with van der Waals surface area (Å²) >= 11 is 3.48. The van der Waals surface area contributed by atoms with E-state index in [2.05, 4.69) is 33.2 Å². The van der Waals surface area contributed by atoms with Gasteiger partial charge in [0, 0.05) is 19.8 Å². The first-order valence-electron chi connectivity index (χ1n) is 9.89. The summed E-state index contributed by atoms with van der Waals surface area (Å²) < 4.78 is 1.06. The van der Waals surface area contributed by atoms with Crippen molar-refractivity contribution in [3.05, 3.63) is 87.0 Å². The number of hydrogen-bond acceptors (Lipinski definition) is 5. The highest BCUT2D eigenvalue weighted by Gasteiger charge is 2.20. The van der Waals surface area contributed by atoms with E-state index in [9.17, 15) is 24.3 Å². The van der Waals surface area contributed by atoms with Gasteiger partial charge in [0.25, 0.3) is 5.91 Å². The minimum atomic E-state index is -1.41. The Balaban J connectivity index is 1.70. The van der Waals surface area contributed by atoms with Crippen molar-refractivity contribution in [2.45, 2.75) is 17.1 Å².